The predicted molar refractivity (Wildman–Crippen MR) is 144 cm³/mol. The molecule has 3 aliphatic heterocycles. The van der Waals surface area contributed by atoms with E-state index in [0.29, 0.717) is 51.6 Å². The number of methoxy groups -OCH3 is 2. The van der Waals surface area contributed by atoms with Gasteiger partial charge in [0.1, 0.15) is 18.5 Å². The molecule has 0 aromatic heterocycles. The van der Waals surface area contributed by atoms with Crippen molar-refractivity contribution in [2.45, 2.75) is 12.6 Å². The molecule has 11 heteroatoms. The Morgan fingerprint density at radius 2 is 1.95 bits per heavy atom. The van der Waals surface area contributed by atoms with E-state index in [2.05, 4.69) is 21.7 Å². The zero-order chi connectivity index (χ0) is 26.5. The SMILES string of the molecule is COCC#Cc1cc(Cl)c(N2C=Nc3cc(OCCCN4CCOCC4)c(OC)cc3C2N)c2c1OCO2. The van der Waals surface area contributed by atoms with Gasteiger partial charge in [0.05, 0.1) is 49.5 Å². The van der Waals surface area contributed by atoms with E-state index in [-0.39, 0.29) is 13.4 Å². The molecule has 0 amide bonds. The quantitative estimate of drug-likeness (QED) is 0.397. The second kappa shape index (κ2) is 12.1. The lowest BCUT2D eigenvalue weighted by Crippen LogP contribution is -2.37. The number of hydrogen-bond acceptors (Lipinski definition) is 10. The van der Waals surface area contributed by atoms with E-state index in [9.17, 15) is 0 Å². The molecule has 1 atom stereocenters. The van der Waals surface area contributed by atoms with E-state index in [1.165, 1.54) is 0 Å². The molecule has 10 nitrogen and oxygen atoms in total. The van der Waals surface area contributed by atoms with Crippen LogP contribution < -0.4 is 29.6 Å². The van der Waals surface area contributed by atoms with Crippen molar-refractivity contribution in [3.63, 3.8) is 0 Å². The third-order valence-electron chi connectivity index (χ3n) is 6.50. The maximum Gasteiger partial charge on any atom is 0.231 e. The summed E-state index contributed by atoms with van der Waals surface area (Å²) in [6, 6.07) is 5.45. The number of benzene rings is 2. The second-order valence-electron chi connectivity index (χ2n) is 8.87. The van der Waals surface area contributed by atoms with Crippen molar-refractivity contribution >= 4 is 29.3 Å². The van der Waals surface area contributed by atoms with Crippen LogP contribution in [0.25, 0.3) is 0 Å². The maximum absolute atomic E-state index is 6.72. The Bertz CT molecular complexity index is 1250. The first-order valence-corrected chi connectivity index (χ1v) is 12.8. The van der Waals surface area contributed by atoms with Crippen molar-refractivity contribution in [3.8, 4) is 34.8 Å². The molecule has 2 aromatic rings. The van der Waals surface area contributed by atoms with E-state index < -0.39 is 6.17 Å². The summed E-state index contributed by atoms with van der Waals surface area (Å²) in [6.07, 6.45) is 1.93. The second-order valence-corrected chi connectivity index (χ2v) is 9.28. The maximum atomic E-state index is 6.72. The molecule has 0 saturated carbocycles. The zero-order valence-electron chi connectivity index (χ0n) is 21.5. The number of hydrogen-bond donors (Lipinski definition) is 1. The Labute approximate surface area is 227 Å². The number of morpholine rings is 1. The number of ether oxygens (including phenoxy) is 6. The molecule has 1 unspecified atom stereocenters. The van der Waals surface area contributed by atoms with E-state index in [1.54, 1.807) is 31.5 Å². The van der Waals surface area contributed by atoms with Crippen molar-refractivity contribution < 1.29 is 28.4 Å². The summed E-state index contributed by atoms with van der Waals surface area (Å²) in [5.41, 5.74) is 9.35. The first-order chi connectivity index (χ1) is 18.6. The summed E-state index contributed by atoms with van der Waals surface area (Å²) < 4.78 is 33.6. The first-order valence-electron chi connectivity index (χ1n) is 12.4. The first kappa shape index (κ1) is 26.4. The summed E-state index contributed by atoms with van der Waals surface area (Å²) in [7, 11) is 3.19. The van der Waals surface area contributed by atoms with Gasteiger partial charge in [0.25, 0.3) is 0 Å². The topological polar surface area (TPSA) is 100 Å². The van der Waals surface area contributed by atoms with E-state index in [1.807, 2.05) is 12.1 Å². The van der Waals surface area contributed by atoms with Crippen molar-refractivity contribution in [1.29, 1.82) is 0 Å². The minimum absolute atomic E-state index is 0.0541. The Morgan fingerprint density at radius 3 is 2.74 bits per heavy atom. The van der Waals surface area contributed by atoms with Crippen LogP contribution in [-0.4, -0.2) is 78.3 Å². The Kier molecular flexibility index (Phi) is 8.42. The zero-order valence-corrected chi connectivity index (χ0v) is 22.3. The number of aliphatic imine (C=N–C) groups is 1. The van der Waals surface area contributed by atoms with Gasteiger partial charge in [-0.2, -0.15) is 0 Å². The molecule has 3 heterocycles. The van der Waals surface area contributed by atoms with E-state index in [0.717, 1.165) is 44.8 Å². The third kappa shape index (κ3) is 5.48. The molecule has 202 valence electrons. The van der Waals surface area contributed by atoms with E-state index >= 15 is 0 Å². The fraction of sp³-hybridized carbons (Fsp3) is 0.444. The van der Waals surface area contributed by atoms with Gasteiger partial charge in [-0.3, -0.25) is 4.90 Å². The fourth-order valence-electron chi connectivity index (χ4n) is 4.58. The average molecular weight is 543 g/mol. The van der Waals surface area contributed by atoms with Crippen molar-refractivity contribution in [3.05, 3.63) is 34.3 Å². The number of nitrogens with zero attached hydrogens (tertiary/aromatic N) is 3. The molecular formula is C27H31ClN4O6. The predicted octanol–water partition coefficient (Wildman–Crippen LogP) is 3.31. The van der Waals surface area contributed by atoms with Gasteiger partial charge in [0.15, 0.2) is 23.0 Å². The lowest BCUT2D eigenvalue weighted by molar-refractivity contribution is 0.0357. The molecule has 1 fully saturated rings. The van der Waals surface area contributed by atoms with Gasteiger partial charge >= 0.3 is 0 Å². The van der Waals surface area contributed by atoms with Crippen LogP contribution in [0.2, 0.25) is 5.02 Å². The van der Waals surface area contributed by atoms with Crippen molar-refractivity contribution in [2.75, 3.05) is 72.0 Å². The van der Waals surface area contributed by atoms with Crippen LogP contribution in [0, 0.1) is 11.8 Å². The molecule has 5 rings (SSSR count). The summed E-state index contributed by atoms with van der Waals surface area (Å²) in [6.45, 7) is 5.35. The van der Waals surface area contributed by atoms with Gasteiger partial charge in [0.2, 0.25) is 6.79 Å². The minimum Gasteiger partial charge on any atom is -0.493 e. The third-order valence-corrected chi connectivity index (χ3v) is 6.79. The van der Waals surface area contributed by atoms with Crippen LogP contribution in [0.4, 0.5) is 11.4 Å². The number of anilines is 1. The summed E-state index contributed by atoms with van der Waals surface area (Å²) in [4.78, 5) is 8.79. The van der Waals surface area contributed by atoms with Crippen LogP contribution in [-0.2, 0) is 9.47 Å². The minimum atomic E-state index is -0.608. The molecule has 38 heavy (non-hydrogen) atoms. The van der Waals surface area contributed by atoms with Gasteiger partial charge in [-0.05, 0) is 18.6 Å². The Hall–Kier alpha value is -3.20. The van der Waals surface area contributed by atoms with Gasteiger partial charge in [-0.25, -0.2) is 4.99 Å². The molecular weight excluding hydrogens is 512 g/mol. The Morgan fingerprint density at radius 1 is 1.13 bits per heavy atom. The molecule has 0 spiro atoms. The largest absolute Gasteiger partial charge is 0.493 e. The van der Waals surface area contributed by atoms with Gasteiger partial charge in [-0.1, -0.05) is 23.4 Å². The van der Waals surface area contributed by atoms with Crippen LogP contribution in [0.15, 0.2) is 23.2 Å². The van der Waals surface area contributed by atoms with Gasteiger partial charge < -0.3 is 39.1 Å². The normalized spacial score (nSPS) is 18.1. The smallest absolute Gasteiger partial charge is 0.231 e. The summed E-state index contributed by atoms with van der Waals surface area (Å²) >= 11 is 6.71. The summed E-state index contributed by atoms with van der Waals surface area (Å²) in [5, 5.41) is 0.411. The van der Waals surface area contributed by atoms with Gasteiger partial charge in [-0.15, -0.1) is 0 Å². The molecule has 0 aliphatic carbocycles. The lowest BCUT2D eigenvalue weighted by Gasteiger charge is -2.32. The van der Waals surface area contributed by atoms with Crippen molar-refractivity contribution in [2.24, 2.45) is 10.7 Å². The van der Waals surface area contributed by atoms with E-state index in [4.69, 9.17) is 45.8 Å². The van der Waals surface area contributed by atoms with Crippen LogP contribution in [0.1, 0.15) is 23.7 Å². The molecule has 0 bridgehead atoms. The highest BCUT2D eigenvalue weighted by atomic mass is 35.5. The van der Waals surface area contributed by atoms with Crippen LogP contribution in [0.3, 0.4) is 0 Å². The Balaban J connectivity index is 1.35. The number of rotatable bonds is 8. The average Bonchev–Trinajstić information content (AvgIpc) is 3.42. The number of nitrogens with two attached hydrogens (primary N) is 1. The van der Waals surface area contributed by atoms with Crippen molar-refractivity contribution in [1.82, 2.24) is 4.90 Å². The van der Waals surface area contributed by atoms with Gasteiger partial charge in [0, 0.05) is 38.4 Å². The molecule has 1 saturated heterocycles. The van der Waals surface area contributed by atoms with Crippen LogP contribution in [0.5, 0.6) is 23.0 Å². The molecule has 2 aromatic carbocycles. The summed E-state index contributed by atoms with van der Waals surface area (Å²) in [5.74, 6) is 8.13. The number of fused-ring (bicyclic) bond motifs is 2. The standard InChI is InChI=1S/C27H31ClN4O6/c1-33-9-3-5-18-13-20(28)24(26-25(18)37-17-38-26)32-16-30-21-15-23(22(34-2)14-19(21)27(32)29)36-10-4-6-31-7-11-35-12-8-31/h13-16,27H,4,6-12,17,29H2,1-2H3. The highest BCUT2D eigenvalue weighted by molar-refractivity contribution is 6.34. The highest BCUT2D eigenvalue weighted by Crippen LogP contribution is 2.50. The highest BCUT2D eigenvalue weighted by Gasteiger charge is 2.33. The fourth-order valence-corrected chi connectivity index (χ4v) is 4.88. The number of halogens is 1. The van der Waals surface area contributed by atoms with Crippen LogP contribution >= 0.6 is 11.6 Å². The lowest BCUT2D eigenvalue weighted by atomic mass is 10.1. The molecule has 0 radical (unpaired) electrons. The molecule has 3 aliphatic rings. The molecule has 2 N–H and O–H groups in total. The monoisotopic (exact) mass is 542 g/mol.